The van der Waals surface area contributed by atoms with Crippen molar-refractivity contribution in [2.45, 2.75) is 23.9 Å². The van der Waals surface area contributed by atoms with Gasteiger partial charge in [-0.15, -0.1) is 11.8 Å². The van der Waals surface area contributed by atoms with E-state index in [0.717, 1.165) is 23.9 Å². The molecule has 1 aromatic carbocycles. The molecule has 1 aliphatic rings. The van der Waals surface area contributed by atoms with Gasteiger partial charge in [0.05, 0.1) is 11.6 Å². The molecule has 0 N–H and O–H groups in total. The van der Waals surface area contributed by atoms with Gasteiger partial charge in [-0.2, -0.15) is 18.4 Å². The monoisotopic (exact) mass is 327 g/mol. The molecule has 0 bridgehead atoms. The Bertz CT molecular complexity index is 660. The van der Waals surface area contributed by atoms with E-state index in [9.17, 15) is 22.8 Å². The Hall–Kier alpha value is -1.81. The molecule has 1 fully saturated rings. The van der Waals surface area contributed by atoms with Crippen molar-refractivity contribution in [1.29, 1.82) is 5.26 Å². The summed E-state index contributed by atoms with van der Waals surface area (Å²) >= 11 is 1.11. The molecule has 0 aromatic heterocycles. The van der Waals surface area contributed by atoms with Gasteiger partial charge in [-0.3, -0.25) is 9.59 Å². The summed E-state index contributed by atoms with van der Waals surface area (Å²) in [5.41, 5.74) is -1.72. The van der Waals surface area contributed by atoms with E-state index >= 15 is 0 Å². The zero-order valence-corrected chi connectivity index (χ0v) is 12.4. The lowest BCUT2D eigenvalue weighted by Gasteiger charge is -2.15. The minimum atomic E-state index is -4.72. The first-order valence-electron chi connectivity index (χ1n) is 6.52. The van der Waals surface area contributed by atoms with Crippen LogP contribution in [0.2, 0.25) is 0 Å². The maximum absolute atomic E-state index is 13.1. The molecule has 116 valence electrons. The number of nitrogens with zero attached hydrogens (tertiary/aromatic N) is 1. The number of ketones is 2. The molecule has 1 aromatic rings. The van der Waals surface area contributed by atoms with E-state index in [2.05, 4.69) is 0 Å². The second kappa shape index (κ2) is 6.13. The Labute approximate surface area is 129 Å². The second-order valence-electron chi connectivity index (χ2n) is 5.01. The third-order valence-corrected chi connectivity index (χ3v) is 4.18. The van der Waals surface area contributed by atoms with Crippen LogP contribution in [0.4, 0.5) is 13.2 Å². The number of hydrogen-bond acceptors (Lipinski definition) is 4. The minimum Gasteiger partial charge on any atom is -0.297 e. The van der Waals surface area contributed by atoms with Gasteiger partial charge in [0.2, 0.25) is 0 Å². The Kier molecular flexibility index (Phi) is 4.61. The van der Waals surface area contributed by atoms with E-state index in [0.29, 0.717) is 17.7 Å². The lowest BCUT2D eigenvalue weighted by molar-refractivity contribution is -0.138. The molecule has 1 saturated carbocycles. The smallest absolute Gasteiger partial charge is 0.297 e. The standard InChI is InChI=1S/C15H12F3NO2S/c1-22-9-4-5-10(12(6-9)15(16,17)18)14(21)11(7-19)13(20)8-2-3-8/h4-6,8,11H,2-3H2,1H3. The third kappa shape index (κ3) is 3.33. The van der Waals surface area contributed by atoms with Crippen molar-refractivity contribution in [2.24, 2.45) is 11.8 Å². The quantitative estimate of drug-likeness (QED) is 0.470. The molecule has 0 spiro atoms. The molecule has 0 amide bonds. The molecule has 22 heavy (non-hydrogen) atoms. The van der Waals surface area contributed by atoms with E-state index in [4.69, 9.17) is 5.26 Å². The number of halogens is 3. The van der Waals surface area contributed by atoms with Crippen LogP contribution in [-0.2, 0) is 11.0 Å². The van der Waals surface area contributed by atoms with Gasteiger partial charge in [-0.1, -0.05) is 0 Å². The molecule has 7 heteroatoms. The Morgan fingerprint density at radius 1 is 1.36 bits per heavy atom. The zero-order chi connectivity index (χ0) is 16.5. The summed E-state index contributed by atoms with van der Waals surface area (Å²) in [6, 6.07) is 4.85. The molecule has 1 atom stereocenters. The van der Waals surface area contributed by atoms with Crippen molar-refractivity contribution in [3.8, 4) is 6.07 Å². The maximum Gasteiger partial charge on any atom is 0.417 e. The number of nitriles is 1. The van der Waals surface area contributed by atoms with Crippen molar-refractivity contribution in [2.75, 3.05) is 6.26 Å². The minimum absolute atomic E-state index is 0.353. The van der Waals surface area contributed by atoms with Crippen LogP contribution in [0.1, 0.15) is 28.8 Å². The molecular weight excluding hydrogens is 315 g/mol. The fourth-order valence-corrected chi connectivity index (χ4v) is 2.55. The van der Waals surface area contributed by atoms with Crippen LogP contribution >= 0.6 is 11.8 Å². The van der Waals surface area contributed by atoms with Gasteiger partial charge in [0.15, 0.2) is 17.5 Å². The molecule has 1 unspecified atom stereocenters. The first-order chi connectivity index (χ1) is 10.3. The fourth-order valence-electron chi connectivity index (χ4n) is 2.11. The summed E-state index contributed by atoms with van der Waals surface area (Å²) in [5.74, 6) is -3.67. The topological polar surface area (TPSA) is 57.9 Å². The van der Waals surface area contributed by atoms with Crippen LogP contribution in [0.3, 0.4) is 0 Å². The SMILES string of the molecule is CSc1ccc(C(=O)C(C#N)C(=O)C2CC2)c(C(F)(F)F)c1. The predicted molar refractivity (Wildman–Crippen MR) is 74.4 cm³/mol. The highest BCUT2D eigenvalue weighted by atomic mass is 32.2. The van der Waals surface area contributed by atoms with Crippen LogP contribution in [0.5, 0.6) is 0 Å². The number of alkyl halides is 3. The number of rotatable bonds is 5. The number of carbonyl (C=O) groups excluding carboxylic acids is 2. The Balaban J connectivity index is 2.44. The van der Waals surface area contributed by atoms with Gasteiger partial charge in [-0.05, 0) is 37.3 Å². The van der Waals surface area contributed by atoms with E-state index in [1.165, 1.54) is 6.07 Å². The summed E-state index contributed by atoms with van der Waals surface area (Å²) in [6.45, 7) is 0. The largest absolute Gasteiger partial charge is 0.417 e. The van der Waals surface area contributed by atoms with Gasteiger partial charge in [0.25, 0.3) is 0 Å². The van der Waals surface area contributed by atoms with Crippen LogP contribution in [0, 0.1) is 23.2 Å². The molecule has 2 rings (SSSR count). The lowest BCUT2D eigenvalue weighted by atomic mass is 9.90. The second-order valence-corrected chi connectivity index (χ2v) is 5.89. The maximum atomic E-state index is 13.1. The average Bonchev–Trinajstić information content (AvgIpc) is 3.30. The molecule has 0 heterocycles. The van der Waals surface area contributed by atoms with Crippen LogP contribution in [-0.4, -0.2) is 17.8 Å². The van der Waals surface area contributed by atoms with Crippen LogP contribution in [0.25, 0.3) is 0 Å². The number of hydrogen-bond donors (Lipinski definition) is 0. The van der Waals surface area contributed by atoms with Gasteiger partial charge in [-0.25, -0.2) is 0 Å². The number of carbonyl (C=O) groups is 2. The molecule has 0 aliphatic heterocycles. The molecule has 1 aliphatic carbocycles. The number of benzene rings is 1. The van der Waals surface area contributed by atoms with E-state index < -0.39 is 34.8 Å². The van der Waals surface area contributed by atoms with Gasteiger partial charge < -0.3 is 0 Å². The number of Topliss-reactive ketones (excluding diaryl/α,β-unsaturated/α-hetero) is 2. The number of thioether (sulfide) groups is 1. The molecule has 0 saturated heterocycles. The normalized spacial score (nSPS) is 16.0. The highest BCUT2D eigenvalue weighted by Gasteiger charge is 2.42. The highest BCUT2D eigenvalue weighted by molar-refractivity contribution is 7.98. The first kappa shape index (κ1) is 16.6. The Morgan fingerprint density at radius 2 is 2.00 bits per heavy atom. The van der Waals surface area contributed by atoms with Gasteiger partial charge in [0, 0.05) is 16.4 Å². The predicted octanol–water partition coefficient (Wildman–Crippen LogP) is 3.73. The van der Waals surface area contributed by atoms with Crippen LogP contribution in [0.15, 0.2) is 23.1 Å². The molecular formula is C15H12F3NO2S. The first-order valence-corrected chi connectivity index (χ1v) is 7.75. The zero-order valence-electron chi connectivity index (χ0n) is 11.6. The highest BCUT2D eigenvalue weighted by Crippen LogP contribution is 2.37. The third-order valence-electron chi connectivity index (χ3n) is 3.45. The van der Waals surface area contributed by atoms with Crippen molar-refractivity contribution >= 4 is 23.3 Å². The van der Waals surface area contributed by atoms with Gasteiger partial charge in [0.1, 0.15) is 0 Å². The van der Waals surface area contributed by atoms with Gasteiger partial charge >= 0.3 is 6.18 Å². The Morgan fingerprint density at radius 3 is 2.45 bits per heavy atom. The average molecular weight is 327 g/mol. The van der Waals surface area contributed by atoms with E-state index in [1.54, 1.807) is 12.3 Å². The lowest BCUT2D eigenvalue weighted by Crippen LogP contribution is -2.26. The van der Waals surface area contributed by atoms with Crippen molar-refractivity contribution in [3.63, 3.8) is 0 Å². The molecule has 3 nitrogen and oxygen atoms in total. The van der Waals surface area contributed by atoms with Crippen molar-refractivity contribution in [1.82, 2.24) is 0 Å². The summed E-state index contributed by atoms with van der Waals surface area (Å²) < 4.78 is 39.4. The molecule has 0 radical (unpaired) electrons. The van der Waals surface area contributed by atoms with E-state index in [-0.39, 0.29) is 5.92 Å². The van der Waals surface area contributed by atoms with Crippen molar-refractivity contribution in [3.05, 3.63) is 29.3 Å². The summed E-state index contributed by atoms with van der Waals surface area (Å²) in [5, 5.41) is 9.02. The van der Waals surface area contributed by atoms with E-state index in [1.807, 2.05) is 0 Å². The van der Waals surface area contributed by atoms with Crippen LogP contribution < -0.4 is 0 Å². The fraction of sp³-hybridized carbons (Fsp3) is 0.400. The summed E-state index contributed by atoms with van der Waals surface area (Å²) in [6.07, 6.45) is -1.94. The summed E-state index contributed by atoms with van der Waals surface area (Å²) in [7, 11) is 0. The van der Waals surface area contributed by atoms with Crippen molar-refractivity contribution < 1.29 is 22.8 Å². The summed E-state index contributed by atoms with van der Waals surface area (Å²) in [4.78, 5) is 24.5.